The highest BCUT2D eigenvalue weighted by Crippen LogP contribution is 2.01. The first-order valence-electron chi connectivity index (χ1n) is 4.89. The van der Waals surface area contributed by atoms with Crippen LogP contribution in [-0.2, 0) is 4.79 Å². The fourth-order valence-corrected chi connectivity index (χ4v) is 0.955. The van der Waals surface area contributed by atoms with Gasteiger partial charge in [-0.25, -0.2) is 0 Å². The van der Waals surface area contributed by atoms with Crippen LogP contribution >= 0.6 is 0 Å². The van der Waals surface area contributed by atoms with Gasteiger partial charge in [0.05, 0.1) is 12.1 Å². The first-order chi connectivity index (χ1) is 7.58. The smallest absolute Gasteiger partial charge is 0.303 e. The molecule has 2 N–H and O–H groups in total. The highest BCUT2D eigenvalue weighted by atomic mass is 16.4. The van der Waals surface area contributed by atoms with Gasteiger partial charge in [-0.05, 0) is 32.4 Å². The number of rotatable bonds is 5. The maximum Gasteiger partial charge on any atom is 0.303 e. The molecule has 86 valence electrons. The second-order valence-electron chi connectivity index (χ2n) is 3.41. The van der Waals surface area contributed by atoms with Crippen LogP contribution in [0.3, 0.4) is 0 Å². The molecular formula is C10H14N4O2. The number of hydrogen-bond donors (Lipinski definition) is 2. The summed E-state index contributed by atoms with van der Waals surface area (Å²) in [5, 5.41) is 20.2. The summed E-state index contributed by atoms with van der Waals surface area (Å²) in [5.74, 6) is -0.287. The molecule has 6 nitrogen and oxygen atoms in total. The molecule has 0 spiro atoms. The lowest BCUT2D eigenvalue weighted by molar-refractivity contribution is -0.136. The van der Waals surface area contributed by atoms with Crippen molar-refractivity contribution in [3.63, 3.8) is 0 Å². The van der Waals surface area contributed by atoms with E-state index in [1.807, 2.05) is 13.0 Å². The maximum atomic E-state index is 10.3. The van der Waals surface area contributed by atoms with Gasteiger partial charge >= 0.3 is 5.97 Å². The zero-order valence-corrected chi connectivity index (χ0v) is 9.27. The molecular weight excluding hydrogens is 208 g/mol. The molecule has 0 fully saturated rings. The number of carboxylic acid groups (broad SMARTS) is 1. The Morgan fingerprint density at radius 3 is 2.75 bits per heavy atom. The summed E-state index contributed by atoms with van der Waals surface area (Å²) in [7, 11) is 0. The van der Waals surface area contributed by atoms with Crippen molar-refractivity contribution in [3.8, 4) is 0 Å². The third-order valence-corrected chi connectivity index (χ3v) is 1.86. The number of aliphatic carboxylic acids is 1. The molecule has 0 bridgehead atoms. The van der Waals surface area contributed by atoms with Gasteiger partial charge in [0.1, 0.15) is 0 Å². The summed E-state index contributed by atoms with van der Waals surface area (Å²) >= 11 is 0. The van der Waals surface area contributed by atoms with E-state index in [1.54, 1.807) is 13.0 Å². The zero-order chi connectivity index (χ0) is 12.0. The summed E-state index contributed by atoms with van der Waals surface area (Å²) < 4.78 is 0. The quantitative estimate of drug-likeness (QED) is 0.581. The van der Waals surface area contributed by atoms with Crippen molar-refractivity contribution in [2.75, 3.05) is 5.43 Å². The van der Waals surface area contributed by atoms with E-state index in [1.165, 1.54) is 0 Å². The van der Waals surface area contributed by atoms with E-state index >= 15 is 0 Å². The molecule has 0 unspecified atom stereocenters. The molecule has 0 atom stereocenters. The summed E-state index contributed by atoms with van der Waals surface area (Å²) in [6.45, 7) is 3.61. The second kappa shape index (κ2) is 5.79. The number of carboxylic acids is 1. The number of hydrogen-bond acceptors (Lipinski definition) is 5. The van der Waals surface area contributed by atoms with E-state index in [0.717, 1.165) is 5.69 Å². The molecule has 1 rings (SSSR count). The predicted molar refractivity (Wildman–Crippen MR) is 60.4 cm³/mol. The number of nitrogens with one attached hydrogen (secondary N) is 1. The molecule has 0 amide bonds. The van der Waals surface area contributed by atoms with Gasteiger partial charge in [-0.3, -0.25) is 10.2 Å². The summed E-state index contributed by atoms with van der Waals surface area (Å²) in [6, 6.07) is 3.58. The van der Waals surface area contributed by atoms with Crippen LogP contribution in [0.5, 0.6) is 0 Å². The van der Waals surface area contributed by atoms with Crippen LogP contribution in [0.1, 0.15) is 25.5 Å². The summed E-state index contributed by atoms with van der Waals surface area (Å²) in [4.78, 5) is 10.3. The van der Waals surface area contributed by atoms with Crippen LogP contribution in [0.4, 0.5) is 5.82 Å². The monoisotopic (exact) mass is 222 g/mol. The van der Waals surface area contributed by atoms with Crippen molar-refractivity contribution in [2.45, 2.75) is 26.7 Å². The van der Waals surface area contributed by atoms with Crippen molar-refractivity contribution >= 4 is 17.5 Å². The summed E-state index contributed by atoms with van der Waals surface area (Å²) in [5.41, 5.74) is 4.26. The van der Waals surface area contributed by atoms with Gasteiger partial charge in [-0.15, -0.1) is 5.10 Å². The molecule has 0 aromatic carbocycles. The molecule has 0 saturated carbocycles. The Morgan fingerprint density at radius 1 is 1.44 bits per heavy atom. The molecule has 16 heavy (non-hydrogen) atoms. The van der Waals surface area contributed by atoms with E-state index < -0.39 is 5.97 Å². The van der Waals surface area contributed by atoms with Gasteiger partial charge in [-0.2, -0.15) is 10.2 Å². The van der Waals surface area contributed by atoms with E-state index in [9.17, 15) is 4.79 Å². The Morgan fingerprint density at radius 2 is 2.19 bits per heavy atom. The van der Waals surface area contributed by atoms with Crippen LogP contribution in [-0.4, -0.2) is 27.0 Å². The van der Waals surface area contributed by atoms with Crippen molar-refractivity contribution < 1.29 is 9.90 Å². The largest absolute Gasteiger partial charge is 0.481 e. The number of anilines is 1. The highest BCUT2D eigenvalue weighted by Gasteiger charge is 1.99. The van der Waals surface area contributed by atoms with Crippen molar-refractivity contribution in [1.29, 1.82) is 0 Å². The van der Waals surface area contributed by atoms with Gasteiger partial charge in [0.15, 0.2) is 5.82 Å². The normalized spacial score (nSPS) is 11.2. The zero-order valence-electron chi connectivity index (χ0n) is 9.27. The van der Waals surface area contributed by atoms with Crippen LogP contribution < -0.4 is 5.43 Å². The topological polar surface area (TPSA) is 87.5 Å². The van der Waals surface area contributed by atoms with Crippen LogP contribution in [0.2, 0.25) is 0 Å². The second-order valence-corrected chi connectivity index (χ2v) is 3.41. The Balaban J connectivity index is 2.45. The first kappa shape index (κ1) is 12.1. The van der Waals surface area contributed by atoms with Gasteiger partial charge in [0.25, 0.3) is 0 Å². The highest BCUT2D eigenvalue weighted by molar-refractivity contribution is 5.85. The van der Waals surface area contributed by atoms with Gasteiger partial charge in [-0.1, -0.05) is 0 Å². The molecule has 1 aromatic rings. The average molecular weight is 222 g/mol. The van der Waals surface area contributed by atoms with Gasteiger partial charge < -0.3 is 5.11 Å². The van der Waals surface area contributed by atoms with E-state index in [-0.39, 0.29) is 6.42 Å². The minimum absolute atomic E-state index is 0.0800. The van der Waals surface area contributed by atoms with Crippen LogP contribution in [0, 0.1) is 6.92 Å². The lowest BCUT2D eigenvalue weighted by Gasteiger charge is -2.00. The van der Waals surface area contributed by atoms with E-state index in [0.29, 0.717) is 18.0 Å². The van der Waals surface area contributed by atoms with Gasteiger partial charge in [0.2, 0.25) is 0 Å². The fourth-order valence-electron chi connectivity index (χ4n) is 0.955. The third-order valence-electron chi connectivity index (χ3n) is 1.86. The van der Waals surface area contributed by atoms with Crippen molar-refractivity contribution in [3.05, 3.63) is 17.8 Å². The lowest BCUT2D eigenvalue weighted by atomic mass is 10.2. The van der Waals surface area contributed by atoms with E-state index in [2.05, 4.69) is 20.7 Å². The Hall–Kier alpha value is -1.98. The molecule has 0 aliphatic heterocycles. The Kier molecular flexibility index (Phi) is 4.38. The molecule has 0 aliphatic rings. The number of nitrogens with zero attached hydrogens (tertiary/aromatic N) is 3. The van der Waals surface area contributed by atoms with Crippen molar-refractivity contribution in [2.24, 2.45) is 5.10 Å². The Labute approximate surface area is 93.4 Å². The third kappa shape index (κ3) is 4.50. The molecule has 0 radical (unpaired) electrons. The van der Waals surface area contributed by atoms with Crippen LogP contribution in [0.25, 0.3) is 0 Å². The minimum Gasteiger partial charge on any atom is -0.481 e. The molecule has 1 aromatic heterocycles. The SMILES string of the molecule is C/C(CCC(=O)O)=N\Nc1ccc(C)nn1. The lowest BCUT2D eigenvalue weighted by Crippen LogP contribution is -2.03. The molecule has 1 heterocycles. The molecule has 0 aliphatic carbocycles. The minimum atomic E-state index is -0.829. The fraction of sp³-hybridized carbons (Fsp3) is 0.400. The molecule has 0 saturated heterocycles. The first-order valence-corrected chi connectivity index (χ1v) is 4.89. The van der Waals surface area contributed by atoms with Crippen LogP contribution in [0.15, 0.2) is 17.2 Å². The summed E-state index contributed by atoms with van der Waals surface area (Å²) in [6.07, 6.45) is 0.498. The Bertz CT molecular complexity index is 386. The number of hydrazone groups is 1. The number of carbonyl (C=O) groups is 1. The predicted octanol–water partition coefficient (Wildman–Crippen LogP) is 1.44. The number of aryl methyl sites for hydroxylation is 1. The maximum absolute atomic E-state index is 10.3. The average Bonchev–Trinajstić information content (AvgIpc) is 2.25. The molecule has 6 heteroatoms. The van der Waals surface area contributed by atoms with E-state index in [4.69, 9.17) is 5.11 Å². The van der Waals surface area contributed by atoms with Gasteiger partial charge in [0, 0.05) is 5.71 Å². The standard InChI is InChI=1S/C10H14N4O2/c1-7-3-5-9(13-11-7)14-12-8(2)4-6-10(15)16/h3,5H,4,6H2,1-2H3,(H,13,14)(H,15,16)/b12-8+. The number of aromatic nitrogens is 2. The van der Waals surface area contributed by atoms with Crippen molar-refractivity contribution in [1.82, 2.24) is 10.2 Å².